The van der Waals surface area contributed by atoms with Crippen LogP contribution in [0, 0.1) is 0 Å². The first-order valence-electron chi connectivity index (χ1n) is 11.1. The van der Waals surface area contributed by atoms with Crippen LogP contribution in [-0.2, 0) is 0 Å². The Morgan fingerprint density at radius 1 is 0.973 bits per heavy atom. The summed E-state index contributed by atoms with van der Waals surface area (Å²) in [6.07, 6.45) is 2.61. The second-order valence-electron chi connectivity index (χ2n) is 7.81. The predicted octanol–water partition coefficient (Wildman–Crippen LogP) is 5.11. The lowest BCUT2D eigenvalue weighted by Crippen LogP contribution is -2.26. The van der Waals surface area contributed by atoms with Crippen molar-refractivity contribution in [2.45, 2.75) is 0 Å². The summed E-state index contributed by atoms with van der Waals surface area (Å²) in [5.41, 5.74) is 1.30. The van der Waals surface area contributed by atoms with Crippen molar-refractivity contribution in [1.29, 1.82) is 0 Å². The van der Waals surface area contributed by atoms with E-state index >= 15 is 0 Å². The highest BCUT2D eigenvalue weighted by molar-refractivity contribution is 7.22. The molecule has 5 rings (SSSR count). The molecule has 0 N–H and O–H groups in total. The lowest BCUT2D eigenvalue weighted by Gasteiger charge is -2.15. The van der Waals surface area contributed by atoms with Gasteiger partial charge in [0.15, 0.2) is 0 Å². The number of benzene rings is 3. The van der Waals surface area contributed by atoms with Crippen LogP contribution in [0.15, 0.2) is 81.2 Å². The fraction of sp³-hybridized carbons (Fsp3) is 0.111. The van der Waals surface area contributed by atoms with E-state index in [4.69, 9.17) is 18.6 Å². The molecular weight excluding hydrogens is 494 g/mol. The van der Waals surface area contributed by atoms with Crippen molar-refractivity contribution in [2.24, 2.45) is 5.10 Å². The zero-order chi connectivity index (χ0) is 25.9. The monoisotopic (exact) mass is 515 g/mol. The standard InChI is InChI=1S/C27H21N3O6S/c1-33-18-8-9-22-24(13-18)37-27(29-22)30(26(32)16-10-19(34-2)12-20(11-16)35-3)28-14-17-15-36-23-7-5-4-6-21(23)25(17)31/h4-15H,1-3H3/b28-14+. The molecule has 5 aromatic rings. The Bertz CT molecular complexity index is 1690. The third kappa shape index (κ3) is 4.74. The highest BCUT2D eigenvalue weighted by Gasteiger charge is 2.23. The Balaban J connectivity index is 1.62. The van der Waals surface area contributed by atoms with Crippen LogP contribution >= 0.6 is 11.3 Å². The predicted molar refractivity (Wildman–Crippen MR) is 143 cm³/mol. The second kappa shape index (κ2) is 10.1. The summed E-state index contributed by atoms with van der Waals surface area (Å²) in [6.45, 7) is 0. The van der Waals surface area contributed by atoms with Gasteiger partial charge in [0.2, 0.25) is 10.6 Å². The zero-order valence-corrected chi connectivity index (χ0v) is 20.9. The molecule has 0 aliphatic carbocycles. The summed E-state index contributed by atoms with van der Waals surface area (Å²) in [5, 5.41) is 6.24. The molecule has 0 saturated heterocycles. The van der Waals surface area contributed by atoms with Gasteiger partial charge in [0.05, 0.1) is 48.7 Å². The average molecular weight is 516 g/mol. The Hall–Kier alpha value is -4.70. The zero-order valence-electron chi connectivity index (χ0n) is 20.1. The Morgan fingerprint density at radius 3 is 2.43 bits per heavy atom. The maximum atomic E-state index is 13.7. The summed E-state index contributed by atoms with van der Waals surface area (Å²) >= 11 is 1.26. The molecule has 10 heteroatoms. The van der Waals surface area contributed by atoms with Gasteiger partial charge in [-0.25, -0.2) is 4.98 Å². The topological polar surface area (TPSA) is 103 Å². The van der Waals surface area contributed by atoms with Crippen LogP contribution < -0.4 is 24.6 Å². The molecule has 9 nitrogen and oxygen atoms in total. The number of carbonyl (C=O) groups excluding carboxylic acids is 1. The molecular formula is C27H21N3O6S. The molecule has 0 aliphatic heterocycles. The quantitative estimate of drug-likeness (QED) is 0.219. The minimum absolute atomic E-state index is 0.183. The fourth-order valence-corrected chi connectivity index (χ4v) is 4.60. The van der Waals surface area contributed by atoms with E-state index in [1.807, 2.05) is 6.07 Å². The van der Waals surface area contributed by atoms with Crippen molar-refractivity contribution >= 4 is 49.8 Å². The van der Waals surface area contributed by atoms with Gasteiger partial charge in [-0.05, 0) is 42.5 Å². The van der Waals surface area contributed by atoms with Crippen molar-refractivity contribution in [2.75, 3.05) is 26.3 Å². The van der Waals surface area contributed by atoms with E-state index in [9.17, 15) is 9.59 Å². The maximum absolute atomic E-state index is 13.7. The Kier molecular flexibility index (Phi) is 6.57. The number of fused-ring (bicyclic) bond motifs is 2. The number of rotatable bonds is 7. The van der Waals surface area contributed by atoms with Gasteiger partial charge in [-0.15, -0.1) is 0 Å². The van der Waals surface area contributed by atoms with Crippen molar-refractivity contribution in [3.63, 3.8) is 0 Å². The third-order valence-electron chi connectivity index (χ3n) is 5.58. The van der Waals surface area contributed by atoms with E-state index < -0.39 is 5.91 Å². The van der Waals surface area contributed by atoms with Crippen LogP contribution in [0.2, 0.25) is 0 Å². The van der Waals surface area contributed by atoms with Gasteiger partial charge in [0.25, 0.3) is 5.91 Å². The number of ether oxygens (including phenoxy) is 3. The molecule has 3 aromatic carbocycles. The highest BCUT2D eigenvalue weighted by atomic mass is 32.1. The molecule has 0 saturated carbocycles. The first kappa shape index (κ1) is 24.0. The largest absolute Gasteiger partial charge is 0.497 e. The van der Waals surface area contributed by atoms with Crippen molar-refractivity contribution in [3.05, 3.63) is 88.3 Å². The summed E-state index contributed by atoms with van der Waals surface area (Å²) in [5.74, 6) is 1.05. The molecule has 0 atom stereocenters. The number of anilines is 1. The van der Waals surface area contributed by atoms with Gasteiger partial charge in [0.1, 0.15) is 29.1 Å². The Labute approximate surface area is 215 Å². The van der Waals surface area contributed by atoms with Crippen LogP contribution in [-0.4, -0.2) is 38.4 Å². The van der Waals surface area contributed by atoms with E-state index in [1.165, 1.54) is 38.0 Å². The van der Waals surface area contributed by atoms with Crippen LogP contribution in [0.3, 0.4) is 0 Å². The molecule has 0 spiro atoms. The number of hydrogen-bond donors (Lipinski definition) is 0. The smallest absolute Gasteiger partial charge is 0.281 e. The van der Waals surface area contributed by atoms with E-state index in [0.29, 0.717) is 38.9 Å². The molecule has 1 amide bonds. The SMILES string of the molecule is COc1cc(OC)cc(C(=O)N(/N=C/c2coc3ccccc3c2=O)c2nc3ccc(OC)cc3s2)c1. The molecule has 37 heavy (non-hydrogen) atoms. The number of hydrogen-bond acceptors (Lipinski definition) is 9. The number of thiazole rings is 1. The van der Waals surface area contributed by atoms with E-state index in [0.717, 1.165) is 9.71 Å². The lowest BCUT2D eigenvalue weighted by atomic mass is 10.2. The first-order valence-corrected chi connectivity index (χ1v) is 11.9. The van der Waals surface area contributed by atoms with Gasteiger partial charge in [-0.2, -0.15) is 10.1 Å². The number of nitrogens with zero attached hydrogens (tertiary/aromatic N) is 3. The van der Waals surface area contributed by atoms with Gasteiger partial charge < -0.3 is 18.6 Å². The van der Waals surface area contributed by atoms with Crippen LogP contribution in [0.5, 0.6) is 17.2 Å². The summed E-state index contributed by atoms with van der Waals surface area (Å²) in [4.78, 5) is 31.3. The number of carbonyl (C=O) groups is 1. The second-order valence-corrected chi connectivity index (χ2v) is 8.82. The Morgan fingerprint density at radius 2 is 1.70 bits per heavy atom. The number of aromatic nitrogens is 1. The third-order valence-corrected chi connectivity index (χ3v) is 6.57. The van der Waals surface area contributed by atoms with Gasteiger partial charge in [-0.3, -0.25) is 9.59 Å². The number of methoxy groups -OCH3 is 3. The molecule has 0 unspecified atom stereocenters. The molecule has 0 radical (unpaired) electrons. The van der Waals surface area contributed by atoms with Crippen LogP contribution in [0.1, 0.15) is 15.9 Å². The fourth-order valence-electron chi connectivity index (χ4n) is 3.65. The molecule has 2 heterocycles. The molecule has 2 aromatic heterocycles. The minimum atomic E-state index is -0.496. The van der Waals surface area contributed by atoms with Crippen molar-refractivity contribution in [3.8, 4) is 17.2 Å². The van der Waals surface area contributed by atoms with E-state index in [2.05, 4.69) is 10.1 Å². The maximum Gasteiger partial charge on any atom is 0.281 e. The van der Waals surface area contributed by atoms with Crippen LogP contribution in [0.4, 0.5) is 5.13 Å². The van der Waals surface area contributed by atoms with E-state index in [1.54, 1.807) is 61.7 Å². The minimum Gasteiger partial charge on any atom is -0.497 e. The lowest BCUT2D eigenvalue weighted by molar-refractivity contribution is 0.0987. The van der Waals surface area contributed by atoms with Crippen LogP contribution in [0.25, 0.3) is 21.2 Å². The molecule has 0 aliphatic rings. The first-order chi connectivity index (χ1) is 18.0. The van der Waals surface area contributed by atoms with Gasteiger partial charge in [-0.1, -0.05) is 23.5 Å². The summed E-state index contributed by atoms with van der Waals surface area (Å²) < 4.78 is 22.3. The number of para-hydroxylation sites is 1. The van der Waals surface area contributed by atoms with Crippen molar-refractivity contribution < 1.29 is 23.4 Å². The normalized spacial score (nSPS) is 11.2. The molecule has 186 valence electrons. The van der Waals surface area contributed by atoms with E-state index in [-0.39, 0.29) is 16.6 Å². The number of hydrazone groups is 1. The highest BCUT2D eigenvalue weighted by Crippen LogP contribution is 2.33. The average Bonchev–Trinajstić information content (AvgIpc) is 3.36. The van der Waals surface area contributed by atoms with Crippen molar-refractivity contribution in [1.82, 2.24) is 4.98 Å². The van der Waals surface area contributed by atoms with Gasteiger partial charge >= 0.3 is 0 Å². The number of amides is 1. The molecule has 0 fully saturated rings. The molecule has 0 bridgehead atoms. The summed E-state index contributed by atoms with van der Waals surface area (Å²) in [7, 11) is 4.58. The van der Waals surface area contributed by atoms with Gasteiger partial charge in [0, 0.05) is 11.6 Å². The summed E-state index contributed by atoms with van der Waals surface area (Å²) in [6, 6.07) is 17.1.